The number of aromatic amines is 1. The number of aromatic nitrogens is 8. The molecule has 3 aromatic heterocycles. The second kappa shape index (κ2) is 4.98. The van der Waals surface area contributed by atoms with Crippen LogP contribution in [0.15, 0.2) is 6.20 Å². The minimum Gasteiger partial charge on any atom is -0.366 e. The zero-order valence-electron chi connectivity index (χ0n) is 12.3. The summed E-state index contributed by atoms with van der Waals surface area (Å²) >= 11 is 0. The number of fused-ring (bicyclic) bond motifs is 1. The molecule has 10 heteroatoms. The highest BCUT2D eigenvalue weighted by molar-refractivity contribution is 5.87. The fourth-order valence-electron chi connectivity index (χ4n) is 2.66. The third kappa shape index (κ3) is 2.08. The predicted octanol–water partition coefficient (Wildman–Crippen LogP) is -0.237. The van der Waals surface area contributed by atoms with Crippen molar-refractivity contribution in [1.29, 1.82) is 0 Å². The van der Waals surface area contributed by atoms with Gasteiger partial charge in [0, 0.05) is 13.6 Å². The fourth-order valence-corrected chi connectivity index (χ4v) is 2.66. The molecule has 114 valence electrons. The molecule has 4 heterocycles. The normalized spacial score (nSPS) is 19.0. The second-order valence-corrected chi connectivity index (χ2v) is 5.18. The smallest absolute Gasteiger partial charge is 0.205 e. The summed E-state index contributed by atoms with van der Waals surface area (Å²) in [6.07, 6.45) is 1.57. The van der Waals surface area contributed by atoms with Crippen LogP contribution in [0.4, 0.5) is 5.82 Å². The maximum Gasteiger partial charge on any atom is 0.205 e. The van der Waals surface area contributed by atoms with Crippen molar-refractivity contribution in [3.05, 3.63) is 17.8 Å². The number of ether oxygens (including phenoxy) is 1. The highest BCUT2D eigenvalue weighted by Crippen LogP contribution is 2.27. The lowest BCUT2D eigenvalue weighted by Crippen LogP contribution is -2.39. The lowest BCUT2D eigenvalue weighted by atomic mass is 10.2. The van der Waals surface area contributed by atoms with Crippen molar-refractivity contribution >= 4 is 16.9 Å². The molecule has 22 heavy (non-hydrogen) atoms. The van der Waals surface area contributed by atoms with Crippen molar-refractivity contribution in [3.63, 3.8) is 0 Å². The molecule has 0 saturated carbocycles. The van der Waals surface area contributed by atoms with E-state index in [2.05, 4.69) is 40.6 Å². The standard InChI is InChI=1S/C12H15N9O/c1-7-14-11-8(5-13-20(11)2)12(15-7)21-3-4-22-9(6-21)10-16-18-19-17-10/h5,9H,3-4,6H2,1-2H3,(H,16,17,18,19). The average Bonchev–Trinajstić information content (AvgIpc) is 3.18. The van der Waals surface area contributed by atoms with Gasteiger partial charge >= 0.3 is 0 Å². The summed E-state index contributed by atoms with van der Waals surface area (Å²) in [6, 6.07) is 0. The van der Waals surface area contributed by atoms with Gasteiger partial charge in [-0.1, -0.05) is 5.21 Å². The summed E-state index contributed by atoms with van der Waals surface area (Å²) in [5, 5.41) is 19.3. The van der Waals surface area contributed by atoms with E-state index in [0.717, 1.165) is 23.4 Å². The van der Waals surface area contributed by atoms with Crippen LogP contribution < -0.4 is 4.90 Å². The Morgan fingerprint density at radius 3 is 3.09 bits per heavy atom. The van der Waals surface area contributed by atoms with Gasteiger partial charge in [-0.25, -0.2) is 9.97 Å². The van der Waals surface area contributed by atoms with Crippen molar-refractivity contribution in [3.8, 4) is 0 Å². The Bertz CT molecular complexity index is 796. The van der Waals surface area contributed by atoms with E-state index in [9.17, 15) is 0 Å². The van der Waals surface area contributed by atoms with E-state index in [4.69, 9.17) is 4.74 Å². The lowest BCUT2D eigenvalue weighted by Gasteiger charge is -2.32. The van der Waals surface area contributed by atoms with Crippen LogP contribution in [0, 0.1) is 6.92 Å². The van der Waals surface area contributed by atoms with E-state index < -0.39 is 0 Å². The van der Waals surface area contributed by atoms with Crippen molar-refractivity contribution in [2.24, 2.45) is 7.05 Å². The molecule has 4 rings (SSSR count). The van der Waals surface area contributed by atoms with Crippen LogP contribution in [0.5, 0.6) is 0 Å². The fraction of sp³-hybridized carbons (Fsp3) is 0.500. The molecule has 1 aliphatic heterocycles. The average molecular weight is 301 g/mol. The number of tetrazole rings is 1. The summed E-state index contributed by atoms with van der Waals surface area (Å²) < 4.78 is 7.49. The molecule has 0 radical (unpaired) electrons. The molecule has 0 amide bonds. The van der Waals surface area contributed by atoms with Gasteiger partial charge in [-0.05, 0) is 6.92 Å². The largest absolute Gasteiger partial charge is 0.366 e. The van der Waals surface area contributed by atoms with Gasteiger partial charge in [0.15, 0.2) is 5.65 Å². The number of nitrogens with one attached hydrogen (secondary N) is 1. The number of hydrogen-bond donors (Lipinski definition) is 1. The third-order valence-corrected chi connectivity index (χ3v) is 3.70. The zero-order chi connectivity index (χ0) is 15.1. The van der Waals surface area contributed by atoms with Gasteiger partial charge in [-0.3, -0.25) is 4.68 Å². The zero-order valence-corrected chi connectivity index (χ0v) is 12.3. The highest BCUT2D eigenvalue weighted by Gasteiger charge is 2.27. The molecule has 1 N–H and O–H groups in total. The van der Waals surface area contributed by atoms with Gasteiger partial charge in [0.05, 0.1) is 24.7 Å². The van der Waals surface area contributed by atoms with Crippen LogP contribution in [-0.4, -0.2) is 60.1 Å². The Morgan fingerprint density at radius 1 is 1.36 bits per heavy atom. The number of morpholine rings is 1. The Labute approximate surface area is 125 Å². The Balaban J connectivity index is 1.72. The third-order valence-electron chi connectivity index (χ3n) is 3.70. The van der Waals surface area contributed by atoms with E-state index in [1.165, 1.54) is 0 Å². The minimum absolute atomic E-state index is 0.227. The van der Waals surface area contributed by atoms with Gasteiger partial charge in [-0.2, -0.15) is 10.3 Å². The van der Waals surface area contributed by atoms with E-state index >= 15 is 0 Å². The maximum atomic E-state index is 5.73. The molecule has 1 unspecified atom stereocenters. The van der Waals surface area contributed by atoms with E-state index in [-0.39, 0.29) is 6.10 Å². The van der Waals surface area contributed by atoms with Crippen LogP contribution in [0.25, 0.3) is 11.0 Å². The number of rotatable bonds is 2. The van der Waals surface area contributed by atoms with Crippen LogP contribution in [0.2, 0.25) is 0 Å². The number of nitrogens with zero attached hydrogens (tertiary/aromatic N) is 8. The second-order valence-electron chi connectivity index (χ2n) is 5.18. The van der Waals surface area contributed by atoms with Gasteiger partial charge in [0.25, 0.3) is 0 Å². The summed E-state index contributed by atoms with van der Waals surface area (Å²) in [5.74, 6) is 2.14. The van der Waals surface area contributed by atoms with E-state index in [1.807, 2.05) is 14.0 Å². The SMILES string of the molecule is Cc1nc(N2CCOC(c3nn[nH]n3)C2)c2cnn(C)c2n1. The first kappa shape index (κ1) is 13.1. The predicted molar refractivity (Wildman–Crippen MR) is 76.1 cm³/mol. The monoisotopic (exact) mass is 301 g/mol. The van der Waals surface area contributed by atoms with Crippen LogP contribution >= 0.6 is 0 Å². The molecular weight excluding hydrogens is 286 g/mol. The molecule has 1 aliphatic rings. The molecule has 1 fully saturated rings. The van der Waals surface area contributed by atoms with E-state index in [0.29, 0.717) is 24.8 Å². The van der Waals surface area contributed by atoms with Crippen LogP contribution in [0.3, 0.4) is 0 Å². The first-order chi connectivity index (χ1) is 10.7. The molecule has 0 aromatic carbocycles. The molecular formula is C12H15N9O. The quantitative estimate of drug-likeness (QED) is 0.690. The molecule has 10 nitrogen and oxygen atoms in total. The molecule has 1 saturated heterocycles. The van der Waals surface area contributed by atoms with Crippen molar-refractivity contribution in [2.75, 3.05) is 24.6 Å². The molecule has 1 atom stereocenters. The first-order valence-electron chi connectivity index (χ1n) is 6.98. The summed E-state index contributed by atoms with van der Waals surface area (Å²) in [5.41, 5.74) is 0.824. The molecule has 0 bridgehead atoms. The van der Waals surface area contributed by atoms with Gasteiger partial charge in [-0.15, -0.1) is 10.2 Å². The summed E-state index contributed by atoms with van der Waals surface area (Å²) in [4.78, 5) is 11.2. The van der Waals surface area contributed by atoms with E-state index in [1.54, 1.807) is 10.9 Å². The van der Waals surface area contributed by atoms with Crippen molar-refractivity contribution in [2.45, 2.75) is 13.0 Å². The minimum atomic E-state index is -0.227. The topological polar surface area (TPSA) is 111 Å². The Hall–Kier alpha value is -2.62. The summed E-state index contributed by atoms with van der Waals surface area (Å²) in [7, 11) is 1.87. The Morgan fingerprint density at radius 2 is 2.27 bits per heavy atom. The summed E-state index contributed by atoms with van der Waals surface area (Å²) in [6.45, 7) is 3.81. The van der Waals surface area contributed by atoms with Gasteiger partial charge in [0.2, 0.25) is 5.82 Å². The maximum absolute atomic E-state index is 5.73. The number of anilines is 1. The molecule has 0 aliphatic carbocycles. The van der Waals surface area contributed by atoms with Gasteiger partial charge in [0.1, 0.15) is 17.7 Å². The van der Waals surface area contributed by atoms with Crippen molar-refractivity contribution in [1.82, 2.24) is 40.4 Å². The van der Waals surface area contributed by atoms with Crippen molar-refractivity contribution < 1.29 is 4.74 Å². The van der Waals surface area contributed by atoms with Crippen LogP contribution in [0.1, 0.15) is 17.8 Å². The van der Waals surface area contributed by atoms with Gasteiger partial charge < -0.3 is 9.64 Å². The molecule has 0 spiro atoms. The highest BCUT2D eigenvalue weighted by atomic mass is 16.5. The lowest BCUT2D eigenvalue weighted by molar-refractivity contribution is 0.0339. The number of H-pyrrole nitrogens is 1. The first-order valence-corrected chi connectivity index (χ1v) is 6.98. The molecule has 3 aromatic rings. The Kier molecular flexibility index (Phi) is 2.96. The number of hydrogen-bond acceptors (Lipinski definition) is 8. The van der Waals surface area contributed by atoms with Crippen LogP contribution in [-0.2, 0) is 11.8 Å². The number of aryl methyl sites for hydroxylation is 2.